The molecule has 0 aliphatic heterocycles. The first-order chi connectivity index (χ1) is 7.97. The summed E-state index contributed by atoms with van der Waals surface area (Å²) in [5, 5.41) is 2.98. The second-order valence-electron chi connectivity index (χ2n) is 4.77. The normalized spacial score (nSPS) is 14.1. The van der Waals surface area contributed by atoms with Gasteiger partial charge in [0.05, 0.1) is 0 Å². The molecule has 0 aromatic rings. The number of ketones is 1. The fourth-order valence-corrected chi connectivity index (χ4v) is 2.06. The molecule has 100 valence electrons. The lowest BCUT2D eigenvalue weighted by Crippen LogP contribution is -2.38. The molecule has 1 amide bonds. The largest absolute Gasteiger partial charge is 0.353 e. The molecule has 0 saturated carbocycles. The van der Waals surface area contributed by atoms with E-state index in [4.69, 9.17) is 0 Å². The molecule has 17 heavy (non-hydrogen) atoms. The summed E-state index contributed by atoms with van der Waals surface area (Å²) in [6.07, 6.45) is 4.70. The number of hydrogen-bond acceptors (Lipinski definition) is 3. The number of Topliss-reactive ketones (excluding diaryl/α,β-unsaturated/α-hetero) is 1. The number of unbranched alkanes of at least 4 members (excludes halogenated alkanes) is 2. The maximum absolute atomic E-state index is 11.1. The van der Waals surface area contributed by atoms with Crippen LogP contribution in [-0.4, -0.2) is 23.5 Å². The van der Waals surface area contributed by atoms with Crippen LogP contribution in [0.4, 0.5) is 0 Å². The van der Waals surface area contributed by atoms with Crippen LogP contribution in [-0.2, 0) is 9.59 Å². The summed E-state index contributed by atoms with van der Waals surface area (Å²) in [5.41, 5.74) is 0. The lowest BCUT2D eigenvalue weighted by Gasteiger charge is -2.23. The van der Waals surface area contributed by atoms with Crippen LogP contribution in [0.15, 0.2) is 0 Å². The molecule has 0 aliphatic rings. The highest BCUT2D eigenvalue weighted by molar-refractivity contribution is 7.80. The molecule has 0 aliphatic carbocycles. The zero-order valence-corrected chi connectivity index (χ0v) is 12.1. The quantitative estimate of drug-likeness (QED) is 0.494. The van der Waals surface area contributed by atoms with Crippen molar-refractivity contribution in [3.8, 4) is 0 Å². The molecule has 0 spiro atoms. The van der Waals surface area contributed by atoms with Crippen LogP contribution in [0.1, 0.15) is 52.9 Å². The van der Waals surface area contributed by atoms with Gasteiger partial charge in [0.2, 0.25) is 5.91 Å². The minimum Gasteiger partial charge on any atom is -0.353 e. The van der Waals surface area contributed by atoms with Crippen molar-refractivity contribution in [3.63, 3.8) is 0 Å². The second-order valence-corrected chi connectivity index (χ2v) is 5.13. The summed E-state index contributed by atoms with van der Waals surface area (Å²) in [7, 11) is 0. The summed E-state index contributed by atoms with van der Waals surface area (Å²) in [4.78, 5) is 21.8. The van der Waals surface area contributed by atoms with Crippen molar-refractivity contribution in [1.29, 1.82) is 0 Å². The summed E-state index contributed by atoms with van der Waals surface area (Å²) in [5.74, 6) is 1.44. The SMILES string of the molecule is CC(=O)CCCCCC(NC(C)=O)C(C)CS. The number of hydrogen-bond donors (Lipinski definition) is 2. The predicted molar refractivity (Wildman–Crippen MR) is 74.4 cm³/mol. The first-order valence-corrected chi connectivity index (χ1v) is 6.98. The molecule has 0 bridgehead atoms. The monoisotopic (exact) mass is 259 g/mol. The molecule has 0 radical (unpaired) electrons. The van der Waals surface area contributed by atoms with Crippen LogP contribution in [0.25, 0.3) is 0 Å². The van der Waals surface area contributed by atoms with Gasteiger partial charge in [-0.2, -0.15) is 12.6 Å². The first kappa shape index (κ1) is 16.5. The smallest absolute Gasteiger partial charge is 0.217 e. The maximum atomic E-state index is 11.1. The van der Waals surface area contributed by atoms with Crippen LogP contribution in [0, 0.1) is 5.92 Å². The number of thiol groups is 1. The van der Waals surface area contributed by atoms with Gasteiger partial charge >= 0.3 is 0 Å². The van der Waals surface area contributed by atoms with E-state index in [0.717, 1.165) is 31.4 Å². The molecule has 0 heterocycles. The zero-order chi connectivity index (χ0) is 13.3. The lowest BCUT2D eigenvalue weighted by atomic mass is 9.97. The van der Waals surface area contributed by atoms with Crippen LogP contribution in [0.3, 0.4) is 0 Å². The molecule has 0 fully saturated rings. The molecule has 0 rings (SSSR count). The molecular formula is C13H25NO2S. The van der Waals surface area contributed by atoms with Crippen LogP contribution in [0.5, 0.6) is 0 Å². The maximum Gasteiger partial charge on any atom is 0.217 e. The standard InChI is InChI=1S/C13H25NO2S/c1-10(9-17)13(14-12(3)16)8-6-4-5-7-11(2)15/h10,13,17H,4-9H2,1-3H3,(H,14,16). The molecule has 4 heteroatoms. The van der Waals surface area contributed by atoms with Gasteiger partial charge in [-0.15, -0.1) is 0 Å². The van der Waals surface area contributed by atoms with Gasteiger partial charge in [0, 0.05) is 19.4 Å². The average Bonchev–Trinajstić information content (AvgIpc) is 2.25. The van der Waals surface area contributed by atoms with Crippen molar-refractivity contribution in [2.75, 3.05) is 5.75 Å². The van der Waals surface area contributed by atoms with Gasteiger partial charge in [0.15, 0.2) is 0 Å². The van der Waals surface area contributed by atoms with Crippen LogP contribution < -0.4 is 5.32 Å². The predicted octanol–water partition coefficient (Wildman–Crippen LogP) is 2.60. The van der Waals surface area contributed by atoms with E-state index < -0.39 is 0 Å². The highest BCUT2D eigenvalue weighted by Gasteiger charge is 2.16. The minimum absolute atomic E-state index is 0.0207. The molecule has 2 unspecified atom stereocenters. The van der Waals surface area contributed by atoms with Crippen molar-refractivity contribution in [1.82, 2.24) is 5.32 Å². The molecular weight excluding hydrogens is 234 g/mol. The van der Waals surface area contributed by atoms with Crippen molar-refractivity contribution in [2.45, 2.75) is 58.9 Å². The summed E-state index contributed by atoms with van der Waals surface area (Å²) >= 11 is 4.27. The van der Waals surface area contributed by atoms with Crippen molar-refractivity contribution in [2.24, 2.45) is 5.92 Å². The van der Waals surface area contributed by atoms with E-state index in [9.17, 15) is 9.59 Å². The highest BCUT2D eigenvalue weighted by atomic mass is 32.1. The Morgan fingerprint density at radius 1 is 1.18 bits per heavy atom. The van der Waals surface area contributed by atoms with E-state index in [0.29, 0.717) is 12.3 Å². The molecule has 0 aromatic heterocycles. The average molecular weight is 259 g/mol. The number of carbonyl (C=O) groups excluding carboxylic acids is 2. The Hall–Kier alpha value is -0.510. The van der Waals surface area contributed by atoms with Gasteiger partial charge in [0.1, 0.15) is 5.78 Å². The van der Waals surface area contributed by atoms with Gasteiger partial charge in [-0.3, -0.25) is 4.79 Å². The molecule has 3 nitrogen and oxygen atoms in total. The molecule has 2 atom stereocenters. The Kier molecular flexibility index (Phi) is 9.23. The van der Waals surface area contributed by atoms with Gasteiger partial charge < -0.3 is 10.1 Å². The molecule has 0 saturated heterocycles. The fourth-order valence-electron chi connectivity index (χ4n) is 1.80. The van der Waals surface area contributed by atoms with Crippen molar-refractivity contribution >= 4 is 24.3 Å². The highest BCUT2D eigenvalue weighted by Crippen LogP contribution is 2.14. The van der Waals surface area contributed by atoms with E-state index >= 15 is 0 Å². The van der Waals surface area contributed by atoms with E-state index in [-0.39, 0.29) is 17.7 Å². The van der Waals surface area contributed by atoms with E-state index in [1.54, 1.807) is 13.8 Å². The Morgan fingerprint density at radius 3 is 2.29 bits per heavy atom. The second kappa shape index (κ2) is 9.51. The minimum atomic E-state index is 0.0207. The van der Waals surface area contributed by atoms with E-state index in [1.165, 1.54) is 0 Å². The lowest BCUT2D eigenvalue weighted by molar-refractivity contribution is -0.120. The van der Waals surface area contributed by atoms with Gasteiger partial charge in [-0.1, -0.05) is 19.8 Å². The number of rotatable bonds is 9. The Balaban J connectivity index is 3.83. The van der Waals surface area contributed by atoms with E-state index in [1.807, 2.05) is 0 Å². The third-order valence-electron chi connectivity index (χ3n) is 2.91. The molecule has 0 aromatic carbocycles. The Bertz CT molecular complexity index is 244. The van der Waals surface area contributed by atoms with Crippen LogP contribution in [0.2, 0.25) is 0 Å². The summed E-state index contributed by atoms with van der Waals surface area (Å²) in [6, 6.07) is 0.210. The molecule has 1 N–H and O–H groups in total. The summed E-state index contributed by atoms with van der Waals surface area (Å²) in [6.45, 7) is 5.28. The number of amides is 1. The Labute approximate surface area is 110 Å². The fraction of sp³-hybridized carbons (Fsp3) is 0.846. The van der Waals surface area contributed by atoms with Crippen LogP contribution >= 0.6 is 12.6 Å². The van der Waals surface area contributed by atoms with Gasteiger partial charge in [-0.05, 0) is 31.4 Å². The summed E-state index contributed by atoms with van der Waals surface area (Å²) < 4.78 is 0. The topological polar surface area (TPSA) is 46.2 Å². The third kappa shape index (κ3) is 9.22. The van der Waals surface area contributed by atoms with Gasteiger partial charge in [-0.25, -0.2) is 0 Å². The van der Waals surface area contributed by atoms with Crippen molar-refractivity contribution in [3.05, 3.63) is 0 Å². The number of nitrogens with one attached hydrogen (secondary N) is 1. The first-order valence-electron chi connectivity index (χ1n) is 6.34. The Morgan fingerprint density at radius 2 is 1.82 bits per heavy atom. The third-order valence-corrected chi connectivity index (χ3v) is 3.48. The van der Waals surface area contributed by atoms with Crippen molar-refractivity contribution < 1.29 is 9.59 Å². The van der Waals surface area contributed by atoms with E-state index in [2.05, 4.69) is 24.9 Å². The van der Waals surface area contributed by atoms with Gasteiger partial charge in [0.25, 0.3) is 0 Å². The zero-order valence-electron chi connectivity index (χ0n) is 11.2. The number of carbonyl (C=O) groups is 2.